The molecule has 0 aliphatic rings. The number of fused-ring (bicyclic) bond motifs is 9. The van der Waals surface area contributed by atoms with Crippen LogP contribution >= 0.6 is 0 Å². The van der Waals surface area contributed by atoms with Gasteiger partial charge in [-0.2, -0.15) is 0 Å². The van der Waals surface area contributed by atoms with Crippen molar-refractivity contribution in [2.24, 2.45) is 0 Å². The fraction of sp³-hybridized carbons (Fsp3) is 0.0769. The number of aromatic nitrogens is 1. The number of unbranched alkanes of at least 4 members (excludes halogenated alkanes) is 1. The average molecular weight is 710 g/mol. The van der Waals surface area contributed by atoms with Crippen LogP contribution in [0.1, 0.15) is 26.7 Å². The van der Waals surface area contributed by atoms with Crippen LogP contribution in [0.2, 0.25) is 0 Å². The first-order chi connectivity index (χ1) is 27.2. The van der Waals surface area contributed by atoms with Crippen molar-refractivity contribution in [1.82, 2.24) is 4.57 Å². The van der Waals surface area contributed by atoms with E-state index in [-0.39, 0.29) is 0 Å². The molecular formula is C52H39NO2. The molecule has 0 amide bonds. The highest BCUT2D eigenvalue weighted by Crippen LogP contribution is 2.39. The summed E-state index contributed by atoms with van der Waals surface area (Å²) in [5.41, 5.74) is 14.2. The van der Waals surface area contributed by atoms with Crippen LogP contribution < -0.4 is 0 Å². The molecule has 3 nitrogen and oxygen atoms in total. The fourth-order valence-electron chi connectivity index (χ4n) is 7.93. The Morgan fingerprint density at radius 1 is 0.327 bits per heavy atom. The van der Waals surface area contributed by atoms with Gasteiger partial charge in [-0.1, -0.05) is 130 Å². The second kappa shape index (κ2) is 13.5. The van der Waals surface area contributed by atoms with Crippen molar-refractivity contribution in [1.29, 1.82) is 0 Å². The number of rotatable bonds is 5. The summed E-state index contributed by atoms with van der Waals surface area (Å²) in [5, 5.41) is 6.97. The molecule has 0 unspecified atom stereocenters. The lowest BCUT2D eigenvalue weighted by atomic mass is 9.97. The van der Waals surface area contributed by atoms with Crippen LogP contribution in [0.5, 0.6) is 0 Å². The molecule has 3 aromatic heterocycles. The van der Waals surface area contributed by atoms with Gasteiger partial charge in [0.2, 0.25) is 0 Å². The van der Waals surface area contributed by atoms with Crippen molar-refractivity contribution in [3.8, 4) is 39.1 Å². The van der Waals surface area contributed by atoms with Crippen molar-refractivity contribution in [2.75, 3.05) is 0 Å². The summed E-state index contributed by atoms with van der Waals surface area (Å²) in [6.07, 6.45) is 2.64. The van der Waals surface area contributed by atoms with Crippen LogP contribution in [0.3, 0.4) is 0 Å². The minimum atomic E-state index is 0.891. The normalized spacial score (nSPS) is 11.6. The van der Waals surface area contributed by atoms with E-state index in [4.69, 9.17) is 8.83 Å². The molecule has 11 rings (SSSR count). The van der Waals surface area contributed by atoms with Gasteiger partial charge in [0.25, 0.3) is 0 Å². The van der Waals surface area contributed by atoms with Crippen molar-refractivity contribution < 1.29 is 8.83 Å². The first kappa shape index (κ1) is 32.8. The highest BCUT2D eigenvalue weighted by atomic mass is 16.3. The molecule has 0 fully saturated rings. The Morgan fingerprint density at radius 3 is 1.51 bits per heavy atom. The Balaban J connectivity index is 0.000000891. The SMILES string of the molecule is CCCC.c1ccc(-c2ccc3oc4ccc(-n5c6ccccc6c6cc(-c7cccc(-c8ccc9oc%10ccccc%10c9c8)c7)ccc65)cc4c3c2)cc1. The zero-order valence-corrected chi connectivity index (χ0v) is 30.9. The Hall–Kier alpha value is -6.84. The van der Waals surface area contributed by atoms with Crippen LogP contribution in [0.4, 0.5) is 0 Å². The van der Waals surface area contributed by atoms with Gasteiger partial charge in [0.15, 0.2) is 0 Å². The molecule has 0 N–H and O–H groups in total. The quantitative estimate of drug-likeness (QED) is 0.178. The van der Waals surface area contributed by atoms with Crippen LogP contribution in [0.15, 0.2) is 185 Å². The van der Waals surface area contributed by atoms with Crippen LogP contribution in [-0.2, 0) is 0 Å². The van der Waals surface area contributed by atoms with Gasteiger partial charge in [0.05, 0.1) is 11.0 Å². The van der Waals surface area contributed by atoms with E-state index in [1.165, 1.54) is 68.0 Å². The Kier molecular flexibility index (Phi) is 8.07. The second-order valence-corrected chi connectivity index (χ2v) is 14.3. The van der Waals surface area contributed by atoms with Gasteiger partial charge >= 0.3 is 0 Å². The molecule has 0 atom stereocenters. The Bertz CT molecular complexity index is 3170. The highest BCUT2D eigenvalue weighted by Gasteiger charge is 2.16. The van der Waals surface area contributed by atoms with E-state index in [2.05, 4.69) is 182 Å². The van der Waals surface area contributed by atoms with E-state index in [1.807, 2.05) is 12.1 Å². The topological polar surface area (TPSA) is 31.2 Å². The zero-order valence-electron chi connectivity index (χ0n) is 30.9. The largest absolute Gasteiger partial charge is 0.456 e. The summed E-state index contributed by atoms with van der Waals surface area (Å²) < 4.78 is 14.8. The van der Waals surface area contributed by atoms with Gasteiger partial charge in [-0.05, 0) is 106 Å². The number of para-hydroxylation sites is 2. The molecule has 0 bridgehead atoms. The first-order valence-electron chi connectivity index (χ1n) is 19.2. The first-order valence-corrected chi connectivity index (χ1v) is 19.2. The van der Waals surface area contributed by atoms with Crippen LogP contribution in [-0.4, -0.2) is 4.57 Å². The molecule has 0 saturated carbocycles. The maximum Gasteiger partial charge on any atom is 0.135 e. The minimum absolute atomic E-state index is 0.891. The van der Waals surface area contributed by atoms with Crippen LogP contribution in [0, 0.1) is 0 Å². The molecule has 0 aliphatic heterocycles. The maximum absolute atomic E-state index is 6.32. The highest BCUT2D eigenvalue weighted by molar-refractivity contribution is 6.12. The predicted molar refractivity (Wildman–Crippen MR) is 232 cm³/mol. The van der Waals surface area contributed by atoms with Gasteiger partial charge in [-0.15, -0.1) is 0 Å². The summed E-state index contributed by atoms with van der Waals surface area (Å²) in [6, 6.07) is 62.7. The Labute approximate surface area is 319 Å². The third kappa shape index (κ3) is 5.68. The van der Waals surface area contributed by atoms with Gasteiger partial charge < -0.3 is 13.4 Å². The van der Waals surface area contributed by atoms with E-state index >= 15 is 0 Å². The molecule has 0 saturated heterocycles. The molecule has 0 aliphatic carbocycles. The van der Waals surface area contributed by atoms with Gasteiger partial charge in [0, 0.05) is 38.0 Å². The summed E-state index contributed by atoms with van der Waals surface area (Å²) in [5.74, 6) is 0. The summed E-state index contributed by atoms with van der Waals surface area (Å²) >= 11 is 0. The number of benzene rings is 8. The molecule has 3 heteroatoms. The van der Waals surface area contributed by atoms with Gasteiger partial charge in [-0.25, -0.2) is 0 Å². The smallest absolute Gasteiger partial charge is 0.135 e. The monoisotopic (exact) mass is 709 g/mol. The molecule has 11 aromatic rings. The molecule has 264 valence electrons. The number of nitrogens with zero attached hydrogens (tertiary/aromatic N) is 1. The van der Waals surface area contributed by atoms with Crippen molar-refractivity contribution >= 4 is 65.7 Å². The molecule has 8 aromatic carbocycles. The summed E-state index contributed by atoms with van der Waals surface area (Å²) in [7, 11) is 0. The van der Waals surface area contributed by atoms with Crippen LogP contribution in [0.25, 0.3) is 105 Å². The number of furan rings is 2. The molecule has 0 spiro atoms. The molecular weight excluding hydrogens is 671 g/mol. The average Bonchev–Trinajstić information content (AvgIpc) is 3.92. The van der Waals surface area contributed by atoms with E-state index in [9.17, 15) is 0 Å². The van der Waals surface area contributed by atoms with Gasteiger partial charge in [-0.3, -0.25) is 0 Å². The lowest BCUT2D eigenvalue weighted by Gasteiger charge is -2.09. The maximum atomic E-state index is 6.32. The second-order valence-electron chi connectivity index (χ2n) is 14.3. The fourth-order valence-corrected chi connectivity index (χ4v) is 7.93. The number of hydrogen-bond donors (Lipinski definition) is 0. The van der Waals surface area contributed by atoms with E-state index in [0.29, 0.717) is 0 Å². The number of hydrogen-bond acceptors (Lipinski definition) is 2. The van der Waals surface area contributed by atoms with E-state index in [0.717, 1.165) is 49.6 Å². The van der Waals surface area contributed by atoms with Crippen molar-refractivity contribution in [2.45, 2.75) is 26.7 Å². The zero-order chi connectivity index (χ0) is 36.9. The van der Waals surface area contributed by atoms with E-state index < -0.39 is 0 Å². The predicted octanol–water partition coefficient (Wildman–Crippen LogP) is 15.4. The van der Waals surface area contributed by atoms with Crippen molar-refractivity contribution in [3.63, 3.8) is 0 Å². The standard InChI is InChI=1S/C48H29NO2.C4H10/c1-2-9-30(10-3-1)33-18-22-47-41(27-33)42-29-36(20-24-48(42)51-47)49-43-15-6-4-13-37(43)39-26-34(17-21-44(39)49)31-11-8-12-32(25-31)35-19-23-46-40(28-35)38-14-5-7-16-45(38)50-46;1-3-4-2/h1-29H;3-4H2,1-2H3. The lowest BCUT2D eigenvalue weighted by molar-refractivity contribution is 0.668. The molecule has 0 radical (unpaired) electrons. The third-order valence-corrected chi connectivity index (χ3v) is 10.9. The van der Waals surface area contributed by atoms with Gasteiger partial charge in [0.1, 0.15) is 22.3 Å². The summed E-state index contributed by atoms with van der Waals surface area (Å²) in [4.78, 5) is 0. The Morgan fingerprint density at radius 2 is 0.800 bits per heavy atom. The molecule has 55 heavy (non-hydrogen) atoms. The third-order valence-electron chi connectivity index (χ3n) is 10.9. The summed E-state index contributed by atoms with van der Waals surface area (Å²) in [6.45, 7) is 4.36. The lowest BCUT2D eigenvalue weighted by Crippen LogP contribution is -1.93. The minimum Gasteiger partial charge on any atom is -0.456 e. The van der Waals surface area contributed by atoms with Crippen molar-refractivity contribution in [3.05, 3.63) is 176 Å². The van der Waals surface area contributed by atoms with E-state index in [1.54, 1.807) is 0 Å². The molecule has 3 heterocycles.